The Labute approximate surface area is 101 Å². The first kappa shape index (κ1) is 12.1. The fraction of sp³-hybridized carbons (Fsp3) is 0.667. The minimum atomic E-state index is -0.0622. The van der Waals surface area contributed by atoms with Gasteiger partial charge in [-0.15, -0.1) is 0 Å². The highest BCUT2D eigenvalue weighted by molar-refractivity contribution is 5.92. The van der Waals surface area contributed by atoms with Gasteiger partial charge in [0.1, 0.15) is 5.69 Å². The molecule has 0 unspecified atom stereocenters. The summed E-state index contributed by atoms with van der Waals surface area (Å²) in [6.07, 6.45) is 0.840. The first-order valence-corrected chi connectivity index (χ1v) is 5.93. The number of rotatable bonds is 4. The van der Waals surface area contributed by atoms with Gasteiger partial charge in [0.2, 0.25) is 0 Å². The van der Waals surface area contributed by atoms with Crippen molar-refractivity contribution in [3.05, 3.63) is 17.5 Å². The number of nitrogens with zero attached hydrogens (tertiary/aromatic N) is 2. The second-order valence-electron chi connectivity index (χ2n) is 4.98. The largest absolute Gasteiger partial charge is 0.380 e. The molecule has 0 aliphatic carbocycles. The smallest absolute Gasteiger partial charge is 0.269 e. The maximum absolute atomic E-state index is 12.0. The third kappa shape index (κ3) is 2.49. The van der Waals surface area contributed by atoms with E-state index in [4.69, 9.17) is 4.74 Å². The summed E-state index contributed by atoms with van der Waals surface area (Å²) < 4.78 is 6.78. The molecule has 5 nitrogen and oxygen atoms in total. The van der Waals surface area contributed by atoms with E-state index in [-0.39, 0.29) is 11.3 Å². The van der Waals surface area contributed by atoms with E-state index in [1.54, 1.807) is 11.7 Å². The molecule has 1 aliphatic heterocycles. The van der Waals surface area contributed by atoms with Gasteiger partial charge < -0.3 is 10.1 Å². The Morgan fingerprint density at radius 2 is 2.35 bits per heavy atom. The molecule has 5 heteroatoms. The molecule has 1 aromatic heterocycles. The number of carbonyl (C=O) groups is 1. The fourth-order valence-electron chi connectivity index (χ4n) is 1.85. The zero-order chi connectivity index (χ0) is 12.5. The normalized spacial score (nSPS) is 17.6. The lowest BCUT2D eigenvalue weighted by Gasteiger charge is -2.37. The standard InChI is InChI=1S/C12H19N3O2/c1-4-9-5-10(15(3)14-9)11(16)13-6-12(2)7-17-8-12/h5H,4,6-8H2,1-3H3,(H,13,16). The molecule has 1 aromatic rings. The molecule has 1 saturated heterocycles. The van der Waals surface area contributed by atoms with Gasteiger partial charge in [0.25, 0.3) is 5.91 Å². The van der Waals surface area contributed by atoms with Crippen LogP contribution >= 0.6 is 0 Å². The Hall–Kier alpha value is -1.36. The molecule has 0 saturated carbocycles. The second-order valence-corrected chi connectivity index (χ2v) is 4.98. The first-order valence-electron chi connectivity index (χ1n) is 5.93. The number of amides is 1. The molecule has 1 amide bonds. The summed E-state index contributed by atoms with van der Waals surface area (Å²) in [7, 11) is 1.79. The number of aryl methyl sites for hydroxylation is 2. The molecular formula is C12H19N3O2. The van der Waals surface area contributed by atoms with Crippen LogP contribution in [-0.4, -0.2) is 35.4 Å². The average molecular weight is 237 g/mol. The molecule has 2 heterocycles. The summed E-state index contributed by atoms with van der Waals surface area (Å²) in [4.78, 5) is 12.0. The van der Waals surface area contributed by atoms with Gasteiger partial charge in [-0.3, -0.25) is 9.48 Å². The van der Waals surface area contributed by atoms with Crippen molar-refractivity contribution in [2.45, 2.75) is 20.3 Å². The van der Waals surface area contributed by atoms with Gasteiger partial charge in [-0.25, -0.2) is 0 Å². The van der Waals surface area contributed by atoms with E-state index in [9.17, 15) is 4.79 Å². The second kappa shape index (κ2) is 4.49. The van der Waals surface area contributed by atoms with Gasteiger partial charge in [0.15, 0.2) is 0 Å². The van der Waals surface area contributed by atoms with Crippen LogP contribution in [0.5, 0.6) is 0 Å². The van der Waals surface area contributed by atoms with E-state index < -0.39 is 0 Å². The highest BCUT2D eigenvalue weighted by Crippen LogP contribution is 2.25. The minimum Gasteiger partial charge on any atom is -0.380 e. The minimum absolute atomic E-state index is 0.0622. The molecule has 1 fully saturated rings. The summed E-state index contributed by atoms with van der Waals surface area (Å²) >= 11 is 0. The van der Waals surface area contributed by atoms with E-state index in [1.807, 2.05) is 13.0 Å². The average Bonchev–Trinajstić information content (AvgIpc) is 2.65. The van der Waals surface area contributed by atoms with E-state index in [1.165, 1.54) is 0 Å². The van der Waals surface area contributed by atoms with Gasteiger partial charge in [-0.05, 0) is 12.5 Å². The lowest BCUT2D eigenvalue weighted by atomic mass is 9.89. The van der Waals surface area contributed by atoms with Crippen molar-refractivity contribution in [2.75, 3.05) is 19.8 Å². The van der Waals surface area contributed by atoms with Crippen molar-refractivity contribution in [3.63, 3.8) is 0 Å². The van der Waals surface area contributed by atoms with E-state index >= 15 is 0 Å². The molecular weight excluding hydrogens is 218 g/mol. The number of carbonyl (C=O) groups excluding carboxylic acids is 1. The van der Waals surface area contributed by atoms with Gasteiger partial charge in [0, 0.05) is 19.0 Å². The summed E-state index contributed by atoms with van der Waals surface area (Å²) in [5.41, 5.74) is 1.66. The monoisotopic (exact) mass is 237 g/mol. The Kier molecular flexibility index (Phi) is 3.19. The third-order valence-electron chi connectivity index (χ3n) is 3.10. The van der Waals surface area contributed by atoms with Crippen molar-refractivity contribution in [1.82, 2.24) is 15.1 Å². The highest BCUT2D eigenvalue weighted by atomic mass is 16.5. The molecule has 0 bridgehead atoms. The van der Waals surface area contributed by atoms with Crippen LogP contribution in [0.15, 0.2) is 6.07 Å². The lowest BCUT2D eigenvalue weighted by molar-refractivity contribution is -0.0978. The summed E-state index contributed by atoms with van der Waals surface area (Å²) in [6.45, 7) is 6.23. The van der Waals surface area contributed by atoms with E-state index in [0.717, 1.165) is 25.3 Å². The van der Waals surface area contributed by atoms with Gasteiger partial charge >= 0.3 is 0 Å². The van der Waals surface area contributed by atoms with Crippen molar-refractivity contribution >= 4 is 5.91 Å². The molecule has 17 heavy (non-hydrogen) atoms. The van der Waals surface area contributed by atoms with Crippen molar-refractivity contribution in [3.8, 4) is 0 Å². The third-order valence-corrected chi connectivity index (χ3v) is 3.10. The first-order chi connectivity index (χ1) is 8.04. The van der Waals surface area contributed by atoms with Crippen molar-refractivity contribution in [1.29, 1.82) is 0 Å². The molecule has 1 aliphatic rings. The number of ether oxygens (including phenoxy) is 1. The highest BCUT2D eigenvalue weighted by Gasteiger charge is 2.33. The van der Waals surface area contributed by atoms with Crippen LogP contribution in [0.4, 0.5) is 0 Å². The Morgan fingerprint density at radius 3 is 2.82 bits per heavy atom. The van der Waals surface area contributed by atoms with Gasteiger partial charge in [-0.2, -0.15) is 5.10 Å². The van der Waals surface area contributed by atoms with Crippen LogP contribution in [-0.2, 0) is 18.2 Å². The predicted molar refractivity (Wildman–Crippen MR) is 63.8 cm³/mol. The molecule has 0 radical (unpaired) electrons. The van der Waals surface area contributed by atoms with Gasteiger partial charge in [-0.1, -0.05) is 13.8 Å². The number of aromatic nitrogens is 2. The SMILES string of the molecule is CCc1cc(C(=O)NCC2(C)COC2)n(C)n1. The number of hydrogen-bond donors (Lipinski definition) is 1. The maximum Gasteiger partial charge on any atom is 0.269 e. The predicted octanol–water partition coefficient (Wildman–Crippen LogP) is 0.749. The van der Waals surface area contributed by atoms with Gasteiger partial charge in [0.05, 0.1) is 18.9 Å². The van der Waals surface area contributed by atoms with Crippen molar-refractivity contribution in [2.24, 2.45) is 12.5 Å². The summed E-state index contributed by atoms with van der Waals surface area (Å²) in [5.74, 6) is -0.0622. The molecule has 2 rings (SSSR count). The molecule has 94 valence electrons. The quantitative estimate of drug-likeness (QED) is 0.840. The molecule has 0 spiro atoms. The topological polar surface area (TPSA) is 56.1 Å². The number of nitrogens with one attached hydrogen (secondary N) is 1. The summed E-state index contributed by atoms with van der Waals surface area (Å²) in [5, 5.41) is 7.20. The van der Waals surface area contributed by atoms with E-state index in [2.05, 4.69) is 17.3 Å². The van der Waals surface area contributed by atoms with Crippen LogP contribution in [0.3, 0.4) is 0 Å². The Bertz CT molecular complexity index is 421. The van der Waals surface area contributed by atoms with Crippen LogP contribution in [0.1, 0.15) is 30.0 Å². The molecule has 0 atom stereocenters. The van der Waals surface area contributed by atoms with Crippen molar-refractivity contribution < 1.29 is 9.53 Å². The molecule has 0 aromatic carbocycles. The zero-order valence-corrected chi connectivity index (χ0v) is 10.6. The fourth-order valence-corrected chi connectivity index (χ4v) is 1.85. The Morgan fingerprint density at radius 1 is 1.65 bits per heavy atom. The van der Waals surface area contributed by atoms with Crippen LogP contribution in [0, 0.1) is 5.41 Å². The molecule has 1 N–H and O–H groups in total. The summed E-state index contributed by atoms with van der Waals surface area (Å²) in [6, 6.07) is 1.84. The van der Waals surface area contributed by atoms with E-state index in [0.29, 0.717) is 12.2 Å². The Balaban J connectivity index is 1.96. The zero-order valence-electron chi connectivity index (χ0n) is 10.6. The van der Waals surface area contributed by atoms with Crippen LogP contribution in [0.25, 0.3) is 0 Å². The lowest BCUT2D eigenvalue weighted by Crippen LogP contribution is -2.48. The van der Waals surface area contributed by atoms with Crippen LogP contribution < -0.4 is 5.32 Å². The maximum atomic E-state index is 12.0. The van der Waals surface area contributed by atoms with Crippen LogP contribution in [0.2, 0.25) is 0 Å². The number of hydrogen-bond acceptors (Lipinski definition) is 3.